The zero-order chi connectivity index (χ0) is 21.5. The number of nitrogens with one attached hydrogen (secondary N) is 1. The van der Waals surface area contributed by atoms with E-state index >= 15 is 0 Å². The Morgan fingerprint density at radius 2 is 2.03 bits per heavy atom. The smallest absolute Gasteiger partial charge is 0.257 e. The highest BCUT2D eigenvalue weighted by Crippen LogP contribution is 2.24. The average molecular weight is 417 g/mol. The van der Waals surface area contributed by atoms with E-state index in [1.165, 1.54) is 6.07 Å². The number of amides is 1. The number of anilines is 1. The largest absolute Gasteiger partial charge is 0.475 e. The number of methoxy groups -OCH3 is 1. The number of nitrogens with zero attached hydrogens (tertiary/aromatic N) is 2. The number of benzene rings is 1. The molecule has 1 aliphatic heterocycles. The summed E-state index contributed by atoms with van der Waals surface area (Å²) in [5.74, 6) is -0.409. The molecule has 1 amide bonds. The van der Waals surface area contributed by atoms with Crippen LogP contribution in [0.5, 0.6) is 5.88 Å². The maximum atomic E-state index is 14.7. The second-order valence-corrected chi connectivity index (χ2v) is 7.33. The van der Waals surface area contributed by atoms with Crippen LogP contribution in [0.25, 0.3) is 0 Å². The van der Waals surface area contributed by atoms with Crippen molar-refractivity contribution in [3.63, 3.8) is 0 Å². The maximum Gasteiger partial charge on any atom is 0.257 e. The Labute approximate surface area is 176 Å². The highest BCUT2D eigenvalue weighted by atomic mass is 19.1. The van der Waals surface area contributed by atoms with Crippen molar-refractivity contribution in [2.24, 2.45) is 0 Å². The minimum absolute atomic E-state index is 0.0481. The van der Waals surface area contributed by atoms with Crippen LogP contribution in [-0.2, 0) is 16.0 Å². The predicted octanol–water partition coefficient (Wildman–Crippen LogP) is 2.79. The van der Waals surface area contributed by atoms with Crippen molar-refractivity contribution < 1.29 is 23.4 Å². The van der Waals surface area contributed by atoms with Crippen LogP contribution in [0.2, 0.25) is 0 Å². The molecule has 0 aliphatic carbocycles. The number of ether oxygens (including phenoxy) is 3. The summed E-state index contributed by atoms with van der Waals surface area (Å²) in [7, 11) is 1.57. The van der Waals surface area contributed by atoms with E-state index in [9.17, 15) is 9.18 Å². The summed E-state index contributed by atoms with van der Waals surface area (Å²) in [6.07, 6.45) is 1.65. The fourth-order valence-electron chi connectivity index (χ4n) is 3.47. The van der Waals surface area contributed by atoms with Gasteiger partial charge in [0.25, 0.3) is 5.91 Å². The van der Waals surface area contributed by atoms with Gasteiger partial charge in [-0.2, -0.15) is 0 Å². The molecule has 0 saturated carbocycles. The fourth-order valence-corrected chi connectivity index (χ4v) is 3.47. The minimum Gasteiger partial charge on any atom is -0.475 e. The second kappa shape index (κ2) is 10.4. The van der Waals surface area contributed by atoms with Crippen LogP contribution in [0, 0.1) is 5.82 Å². The topological polar surface area (TPSA) is 72.9 Å². The molecule has 162 valence electrons. The molecule has 8 heteroatoms. The van der Waals surface area contributed by atoms with Crippen molar-refractivity contribution >= 4 is 11.6 Å². The third-order valence-electron chi connectivity index (χ3n) is 4.77. The molecule has 1 fully saturated rings. The Morgan fingerprint density at radius 3 is 2.73 bits per heavy atom. The molecular formula is C22H28FN3O4. The van der Waals surface area contributed by atoms with Crippen LogP contribution in [0.3, 0.4) is 0 Å². The molecule has 1 saturated heterocycles. The first kappa shape index (κ1) is 22.0. The van der Waals surface area contributed by atoms with E-state index in [4.69, 9.17) is 14.2 Å². The zero-order valence-electron chi connectivity index (χ0n) is 17.6. The molecule has 30 heavy (non-hydrogen) atoms. The summed E-state index contributed by atoms with van der Waals surface area (Å²) in [4.78, 5) is 18.7. The van der Waals surface area contributed by atoms with Crippen LogP contribution in [-0.4, -0.2) is 56.5 Å². The summed E-state index contributed by atoms with van der Waals surface area (Å²) in [5.41, 5.74) is 1.54. The Hall–Kier alpha value is -2.71. The summed E-state index contributed by atoms with van der Waals surface area (Å²) in [5, 5.41) is 2.80. The lowest BCUT2D eigenvalue weighted by molar-refractivity contribution is -0.00539. The molecule has 1 aromatic heterocycles. The van der Waals surface area contributed by atoms with Gasteiger partial charge in [-0.05, 0) is 43.7 Å². The quantitative estimate of drug-likeness (QED) is 0.666. The van der Waals surface area contributed by atoms with Crippen molar-refractivity contribution in [1.82, 2.24) is 10.3 Å². The monoisotopic (exact) mass is 417 g/mol. The molecule has 2 aromatic rings. The predicted molar refractivity (Wildman–Crippen MR) is 111 cm³/mol. The van der Waals surface area contributed by atoms with Gasteiger partial charge in [0.2, 0.25) is 5.88 Å². The maximum absolute atomic E-state index is 14.7. The van der Waals surface area contributed by atoms with Crippen molar-refractivity contribution in [2.75, 3.05) is 38.3 Å². The normalized spacial score (nSPS) is 18.9. The Balaban J connectivity index is 1.62. The average Bonchev–Trinajstić information content (AvgIpc) is 2.72. The van der Waals surface area contributed by atoms with Crippen LogP contribution in [0.15, 0.2) is 36.5 Å². The van der Waals surface area contributed by atoms with Crippen molar-refractivity contribution in [3.05, 3.63) is 53.5 Å². The summed E-state index contributed by atoms with van der Waals surface area (Å²) in [6, 6.07) is 8.33. The third-order valence-corrected chi connectivity index (χ3v) is 4.77. The number of halogens is 1. The first-order chi connectivity index (χ1) is 14.5. The van der Waals surface area contributed by atoms with E-state index in [0.717, 1.165) is 0 Å². The molecule has 1 aromatic carbocycles. The molecule has 0 spiro atoms. The minimum atomic E-state index is -0.337. The standard InChI is InChI=1S/C22H28FN3O4/c1-15-13-26(14-16(2)30-15)20-7-6-17(11-19(20)23)12-25-21(27)18-5-4-8-24-22(18)29-10-9-28-3/h4-8,11,15-16H,9-10,12-14H2,1-3H3,(H,25,27). The van der Waals surface area contributed by atoms with Gasteiger partial charge in [-0.3, -0.25) is 4.79 Å². The molecule has 0 bridgehead atoms. The van der Waals surface area contributed by atoms with Crippen LogP contribution >= 0.6 is 0 Å². The first-order valence-electron chi connectivity index (χ1n) is 10.0. The van der Waals surface area contributed by atoms with Gasteiger partial charge < -0.3 is 24.4 Å². The molecule has 1 aliphatic rings. The number of hydrogen-bond acceptors (Lipinski definition) is 6. The highest BCUT2D eigenvalue weighted by molar-refractivity contribution is 5.96. The molecule has 2 heterocycles. The van der Waals surface area contributed by atoms with Gasteiger partial charge in [0.15, 0.2) is 0 Å². The third kappa shape index (κ3) is 5.67. The van der Waals surface area contributed by atoms with Crippen molar-refractivity contribution in [2.45, 2.75) is 32.6 Å². The number of morpholine rings is 1. The zero-order valence-corrected chi connectivity index (χ0v) is 17.6. The second-order valence-electron chi connectivity index (χ2n) is 7.33. The number of rotatable bonds is 8. The Kier molecular flexibility index (Phi) is 7.59. The first-order valence-corrected chi connectivity index (χ1v) is 10.0. The van der Waals surface area contributed by atoms with E-state index in [1.807, 2.05) is 24.8 Å². The number of aromatic nitrogens is 1. The van der Waals surface area contributed by atoms with Gasteiger partial charge in [0.05, 0.1) is 24.5 Å². The number of carbonyl (C=O) groups is 1. The van der Waals surface area contributed by atoms with E-state index in [1.54, 1.807) is 31.5 Å². The number of carbonyl (C=O) groups excluding carboxylic acids is 1. The van der Waals surface area contributed by atoms with Crippen molar-refractivity contribution in [1.29, 1.82) is 0 Å². The fraction of sp³-hybridized carbons (Fsp3) is 0.455. The molecule has 2 unspecified atom stereocenters. The van der Waals surface area contributed by atoms with Crippen LogP contribution < -0.4 is 15.0 Å². The lowest BCUT2D eigenvalue weighted by Gasteiger charge is -2.37. The lowest BCUT2D eigenvalue weighted by atomic mass is 10.1. The SMILES string of the molecule is COCCOc1ncccc1C(=O)NCc1ccc(N2CC(C)OC(C)C2)c(F)c1. The van der Waals surface area contributed by atoms with Crippen molar-refractivity contribution in [3.8, 4) is 5.88 Å². The Bertz CT molecular complexity index is 854. The van der Waals surface area contributed by atoms with Gasteiger partial charge in [-0.1, -0.05) is 6.07 Å². The summed E-state index contributed by atoms with van der Waals surface area (Å²) in [6.45, 7) is 6.13. The molecule has 7 nitrogen and oxygen atoms in total. The summed E-state index contributed by atoms with van der Waals surface area (Å²) >= 11 is 0. The van der Waals surface area contributed by atoms with Crippen LogP contribution in [0.1, 0.15) is 29.8 Å². The van der Waals surface area contributed by atoms with Gasteiger partial charge in [0.1, 0.15) is 18.0 Å². The summed E-state index contributed by atoms with van der Waals surface area (Å²) < 4.78 is 30.9. The van der Waals surface area contributed by atoms with E-state index < -0.39 is 0 Å². The molecule has 0 radical (unpaired) electrons. The number of pyridine rings is 1. The Morgan fingerprint density at radius 1 is 1.27 bits per heavy atom. The molecule has 3 rings (SSSR count). The van der Waals surface area contributed by atoms with Gasteiger partial charge in [-0.25, -0.2) is 9.37 Å². The lowest BCUT2D eigenvalue weighted by Crippen LogP contribution is -2.45. The van der Waals surface area contributed by atoms with E-state index in [2.05, 4.69) is 10.3 Å². The van der Waals surface area contributed by atoms with E-state index in [0.29, 0.717) is 43.1 Å². The van der Waals surface area contributed by atoms with Gasteiger partial charge in [-0.15, -0.1) is 0 Å². The van der Waals surface area contributed by atoms with Crippen LogP contribution in [0.4, 0.5) is 10.1 Å². The number of hydrogen-bond donors (Lipinski definition) is 1. The van der Waals surface area contributed by atoms with Gasteiger partial charge >= 0.3 is 0 Å². The van der Waals surface area contributed by atoms with Gasteiger partial charge in [0, 0.05) is 32.9 Å². The molecule has 2 atom stereocenters. The molecule has 1 N–H and O–H groups in total. The van der Waals surface area contributed by atoms with E-state index in [-0.39, 0.29) is 36.4 Å². The highest BCUT2D eigenvalue weighted by Gasteiger charge is 2.24. The molecular weight excluding hydrogens is 389 g/mol.